The minimum atomic E-state index is -0.349. The topological polar surface area (TPSA) is 37.3 Å². The van der Waals surface area contributed by atoms with E-state index in [0.717, 1.165) is 28.5 Å². The molecule has 1 atom stereocenters. The van der Waals surface area contributed by atoms with Gasteiger partial charge in [-0.15, -0.1) is 0 Å². The van der Waals surface area contributed by atoms with Gasteiger partial charge in [0.05, 0.1) is 6.10 Å². The average Bonchev–Trinajstić information content (AvgIpc) is 2.06. The fourth-order valence-electron chi connectivity index (χ4n) is 1.68. The lowest BCUT2D eigenvalue weighted by molar-refractivity contribution is 0.111. The lowest BCUT2D eigenvalue weighted by Gasteiger charge is -2.27. The molecule has 0 amide bonds. The van der Waals surface area contributed by atoms with E-state index in [1.165, 1.54) is 0 Å². The first kappa shape index (κ1) is 7.50. The van der Waals surface area contributed by atoms with E-state index in [1.807, 2.05) is 19.1 Å². The highest BCUT2D eigenvalue weighted by atomic mass is 16.3. The molecule has 2 nitrogen and oxygen atoms in total. The van der Waals surface area contributed by atoms with Crippen LogP contribution in [0.3, 0.4) is 0 Å². The van der Waals surface area contributed by atoms with Crippen LogP contribution in [0.15, 0.2) is 12.1 Å². The lowest BCUT2D eigenvalue weighted by Crippen LogP contribution is -2.19. The molecule has 0 radical (unpaired) electrons. The molecule has 0 saturated heterocycles. The molecule has 0 heterocycles. The summed E-state index contributed by atoms with van der Waals surface area (Å²) in [7, 11) is 0. The zero-order chi connectivity index (χ0) is 8.72. The Morgan fingerprint density at radius 1 is 1.58 bits per heavy atom. The van der Waals surface area contributed by atoms with Crippen molar-refractivity contribution in [1.82, 2.24) is 0 Å². The van der Waals surface area contributed by atoms with Crippen molar-refractivity contribution in [3.05, 3.63) is 34.4 Å². The molecule has 2 heteroatoms. The van der Waals surface area contributed by atoms with Crippen molar-refractivity contribution >= 4 is 6.29 Å². The van der Waals surface area contributed by atoms with Gasteiger partial charge < -0.3 is 5.11 Å². The fraction of sp³-hybridized carbons (Fsp3) is 0.300. The second kappa shape index (κ2) is 2.42. The molecular formula is C10H10O2. The minimum absolute atomic E-state index is 0.349. The molecule has 1 aromatic rings. The molecular weight excluding hydrogens is 152 g/mol. The van der Waals surface area contributed by atoms with Crippen LogP contribution in [0.5, 0.6) is 0 Å². The second-order valence-electron chi connectivity index (χ2n) is 3.26. The number of hydrogen-bond donors (Lipinski definition) is 1. The van der Waals surface area contributed by atoms with Gasteiger partial charge >= 0.3 is 0 Å². The second-order valence-corrected chi connectivity index (χ2v) is 3.26. The molecule has 0 saturated carbocycles. The van der Waals surface area contributed by atoms with E-state index in [-0.39, 0.29) is 6.10 Å². The number of rotatable bonds is 1. The minimum Gasteiger partial charge on any atom is -0.388 e. The molecule has 1 aromatic carbocycles. The largest absolute Gasteiger partial charge is 0.388 e. The number of aliphatic hydroxyl groups is 1. The Balaban J connectivity index is 2.59. The fourth-order valence-corrected chi connectivity index (χ4v) is 1.68. The van der Waals surface area contributed by atoms with Crippen LogP contribution in [0.25, 0.3) is 0 Å². The number of benzene rings is 1. The zero-order valence-electron chi connectivity index (χ0n) is 6.87. The molecule has 2 rings (SSSR count). The summed E-state index contributed by atoms with van der Waals surface area (Å²) >= 11 is 0. The Bertz CT molecular complexity index is 342. The summed E-state index contributed by atoms with van der Waals surface area (Å²) in [6.07, 6.45) is 1.14. The summed E-state index contributed by atoms with van der Waals surface area (Å²) in [5, 5.41) is 9.33. The molecule has 1 aliphatic carbocycles. The lowest BCUT2D eigenvalue weighted by atomic mass is 9.81. The van der Waals surface area contributed by atoms with E-state index in [1.54, 1.807) is 0 Å². The maximum Gasteiger partial charge on any atom is 0.150 e. The van der Waals surface area contributed by atoms with E-state index in [9.17, 15) is 9.90 Å². The third-order valence-corrected chi connectivity index (χ3v) is 2.35. The van der Waals surface area contributed by atoms with Gasteiger partial charge in [-0.1, -0.05) is 11.6 Å². The SMILES string of the molecule is Cc1cc(C=O)c2c(c1)C(O)C2. The van der Waals surface area contributed by atoms with Gasteiger partial charge in [0.1, 0.15) is 6.29 Å². The Labute approximate surface area is 70.8 Å². The van der Waals surface area contributed by atoms with Crippen molar-refractivity contribution in [2.75, 3.05) is 0 Å². The first-order chi connectivity index (χ1) is 5.72. The monoisotopic (exact) mass is 162 g/mol. The Morgan fingerprint density at radius 2 is 2.33 bits per heavy atom. The predicted octanol–water partition coefficient (Wildman–Crippen LogP) is 1.40. The summed E-state index contributed by atoms with van der Waals surface area (Å²) in [4.78, 5) is 10.6. The normalized spacial score (nSPS) is 19.7. The summed E-state index contributed by atoms with van der Waals surface area (Å²) in [6, 6.07) is 3.80. The van der Waals surface area contributed by atoms with Gasteiger partial charge in [-0.2, -0.15) is 0 Å². The summed E-state index contributed by atoms with van der Waals surface area (Å²) in [5.74, 6) is 0. The van der Waals surface area contributed by atoms with Gasteiger partial charge in [-0.25, -0.2) is 0 Å². The Morgan fingerprint density at radius 3 is 2.92 bits per heavy atom. The molecule has 1 N–H and O–H groups in total. The van der Waals surface area contributed by atoms with Crippen LogP contribution in [0.2, 0.25) is 0 Å². The first-order valence-corrected chi connectivity index (χ1v) is 3.99. The molecule has 1 aliphatic rings. The number of carbonyl (C=O) groups is 1. The van der Waals surface area contributed by atoms with Crippen molar-refractivity contribution in [2.45, 2.75) is 19.4 Å². The van der Waals surface area contributed by atoms with Crippen molar-refractivity contribution in [3.8, 4) is 0 Å². The average molecular weight is 162 g/mol. The highest BCUT2D eigenvalue weighted by Gasteiger charge is 2.26. The van der Waals surface area contributed by atoms with Gasteiger partial charge in [0.25, 0.3) is 0 Å². The molecule has 1 unspecified atom stereocenters. The van der Waals surface area contributed by atoms with Gasteiger partial charge in [0, 0.05) is 12.0 Å². The van der Waals surface area contributed by atoms with Crippen molar-refractivity contribution in [3.63, 3.8) is 0 Å². The van der Waals surface area contributed by atoms with Crippen LogP contribution >= 0.6 is 0 Å². The maximum atomic E-state index is 10.6. The number of aliphatic hydroxyl groups excluding tert-OH is 1. The molecule has 62 valence electrons. The van der Waals surface area contributed by atoms with Crippen LogP contribution in [0, 0.1) is 6.92 Å². The maximum absolute atomic E-state index is 10.6. The quantitative estimate of drug-likeness (QED) is 0.634. The number of carbonyl (C=O) groups excluding carboxylic acids is 1. The van der Waals surface area contributed by atoms with Crippen LogP contribution < -0.4 is 0 Å². The predicted molar refractivity (Wildman–Crippen MR) is 45.2 cm³/mol. The van der Waals surface area contributed by atoms with Crippen LogP contribution in [-0.4, -0.2) is 11.4 Å². The van der Waals surface area contributed by atoms with Crippen LogP contribution in [-0.2, 0) is 6.42 Å². The van der Waals surface area contributed by atoms with Gasteiger partial charge in [0.2, 0.25) is 0 Å². The van der Waals surface area contributed by atoms with E-state index >= 15 is 0 Å². The van der Waals surface area contributed by atoms with Crippen molar-refractivity contribution in [1.29, 1.82) is 0 Å². The number of fused-ring (bicyclic) bond motifs is 1. The standard InChI is InChI=1S/C10H10O2/c1-6-2-7(5-11)8-4-10(12)9(8)3-6/h2-3,5,10,12H,4H2,1H3. The van der Waals surface area contributed by atoms with Crippen LogP contribution in [0.4, 0.5) is 0 Å². The van der Waals surface area contributed by atoms with Gasteiger partial charge in [0.15, 0.2) is 0 Å². The Hall–Kier alpha value is -1.15. The van der Waals surface area contributed by atoms with Crippen LogP contribution in [0.1, 0.15) is 33.2 Å². The van der Waals surface area contributed by atoms with E-state index in [2.05, 4.69) is 0 Å². The highest BCUT2D eigenvalue weighted by molar-refractivity contribution is 5.79. The summed E-state index contributed by atoms with van der Waals surface area (Å²) < 4.78 is 0. The molecule has 0 fully saturated rings. The van der Waals surface area contributed by atoms with Gasteiger partial charge in [-0.3, -0.25) is 4.79 Å². The third kappa shape index (κ3) is 0.883. The van der Waals surface area contributed by atoms with Crippen molar-refractivity contribution in [2.24, 2.45) is 0 Å². The summed E-state index contributed by atoms with van der Waals surface area (Å²) in [5.41, 5.74) is 3.71. The van der Waals surface area contributed by atoms with E-state index in [4.69, 9.17) is 0 Å². The zero-order valence-corrected chi connectivity index (χ0v) is 6.87. The number of aldehydes is 1. The molecule has 12 heavy (non-hydrogen) atoms. The summed E-state index contributed by atoms with van der Waals surface area (Å²) in [6.45, 7) is 1.93. The van der Waals surface area contributed by atoms with Gasteiger partial charge in [-0.05, 0) is 24.1 Å². The van der Waals surface area contributed by atoms with E-state index in [0.29, 0.717) is 6.42 Å². The van der Waals surface area contributed by atoms with Crippen molar-refractivity contribution < 1.29 is 9.90 Å². The molecule has 0 spiro atoms. The van der Waals surface area contributed by atoms with E-state index < -0.39 is 0 Å². The molecule has 0 bridgehead atoms. The number of aryl methyl sites for hydroxylation is 1. The molecule has 0 aliphatic heterocycles. The molecule has 0 aromatic heterocycles. The smallest absolute Gasteiger partial charge is 0.150 e. The number of hydrogen-bond acceptors (Lipinski definition) is 2. The highest BCUT2D eigenvalue weighted by Crippen LogP contribution is 2.35. The first-order valence-electron chi connectivity index (χ1n) is 3.99. The Kier molecular flexibility index (Phi) is 1.51. The third-order valence-electron chi connectivity index (χ3n) is 2.35.